The number of nitrogens with two attached hydrogens (primary N) is 1. The lowest BCUT2D eigenvalue weighted by molar-refractivity contribution is -0.383. The molecule has 0 fully saturated rings. The average Bonchev–Trinajstić information content (AvgIpc) is 2.37. The summed E-state index contributed by atoms with van der Waals surface area (Å²) in [7, 11) is 0. The number of hydrogen-bond acceptors (Lipinski definition) is 5. The van der Waals surface area contributed by atoms with Crippen LogP contribution in [-0.2, 0) is 0 Å². The van der Waals surface area contributed by atoms with Gasteiger partial charge in [-0.15, -0.1) is 0 Å². The quantitative estimate of drug-likeness (QED) is 0.378. The summed E-state index contributed by atoms with van der Waals surface area (Å²) in [5.41, 5.74) is 8.60. The molecule has 0 bridgehead atoms. The van der Waals surface area contributed by atoms with E-state index in [2.05, 4.69) is 27.7 Å². The van der Waals surface area contributed by atoms with Gasteiger partial charge in [0.1, 0.15) is 5.52 Å². The van der Waals surface area contributed by atoms with Crippen LogP contribution in [0.1, 0.15) is 5.56 Å². The Bertz CT molecular complexity index is 686. The highest BCUT2D eigenvalue weighted by Gasteiger charge is 2.13. The van der Waals surface area contributed by atoms with Crippen LogP contribution in [0.2, 0.25) is 0 Å². The smallest absolute Gasteiger partial charge is 0.295 e. The normalized spacial score (nSPS) is 10.7. The first-order chi connectivity index (χ1) is 9.09. The Kier molecular flexibility index (Phi) is 3.62. The summed E-state index contributed by atoms with van der Waals surface area (Å²) in [5.74, 6) is 0. The molecule has 0 aliphatic carbocycles. The van der Waals surface area contributed by atoms with Crippen molar-refractivity contribution in [2.75, 3.05) is 0 Å². The van der Waals surface area contributed by atoms with Crippen molar-refractivity contribution in [2.24, 2.45) is 10.8 Å². The molecule has 0 atom stereocenters. The van der Waals surface area contributed by atoms with E-state index in [9.17, 15) is 10.1 Å². The van der Waals surface area contributed by atoms with Gasteiger partial charge in [-0.2, -0.15) is 5.10 Å². The lowest BCUT2D eigenvalue weighted by atomic mass is 10.1. The highest BCUT2D eigenvalue weighted by molar-refractivity contribution is 7.80. The summed E-state index contributed by atoms with van der Waals surface area (Å²) in [5, 5.41) is 15.4. The molecule has 0 unspecified atom stereocenters. The summed E-state index contributed by atoms with van der Waals surface area (Å²) in [6, 6.07) is 6.43. The topological polar surface area (TPSA) is 106 Å². The second-order valence-electron chi connectivity index (χ2n) is 3.56. The molecular formula is C11H9N5O2S. The second kappa shape index (κ2) is 5.36. The van der Waals surface area contributed by atoms with Gasteiger partial charge in [0, 0.05) is 23.2 Å². The summed E-state index contributed by atoms with van der Waals surface area (Å²) in [6.45, 7) is 0. The highest BCUT2D eigenvalue weighted by atomic mass is 32.1. The van der Waals surface area contributed by atoms with Crippen LogP contribution >= 0.6 is 12.2 Å². The fourth-order valence-corrected chi connectivity index (χ4v) is 1.66. The van der Waals surface area contributed by atoms with Crippen LogP contribution in [0.3, 0.4) is 0 Å². The lowest BCUT2D eigenvalue weighted by Gasteiger charge is -2.02. The Morgan fingerprint density at radius 1 is 1.53 bits per heavy atom. The van der Waals surface area contributed by atoms with Gasteiger partial charge < -0.3 is 5.73 Å². The van der Waals surface area contributed by atoms with Gasteiger partial charge in [0.05, 0.1) is 11.1 Å². The Hall–Kier alpha value is -2.61. The van der Waals surface area contributed by atoms with Crippen LogP contribution in [-0.4, -0.2) is 21.2 Å². The maximum atomic E-state index is 10.9. The van der Waals surface area contributed by atoms with E-state index in [-0.39, 0.29) is 10.8 Å². The second-order valence-corrected chi connectivity index (χ2v) is 4.00. The maximum Gasteiger partial charge on any atom is 0.295 e. The van der Waals surface area contributed by atoms with E-state index in [0.717, 1.165) is 0 Å². The van der Waals surface area contributed by atoms with E-state index in [0.29, 0.717) is 16.5 Å². The zero-order valence-corrected chi connectivity index (χ0v) is 10.4. The summed E-state index contributed by atoms with van der Waals surface area (Å²) in [6.07, 6.45) is 2.96. The minimum Gasteiger partial charge on any atom is -0.375 e. The van der Waals surface area contributed by atoms with Crippen LogP contribution in [0.5, 0.6) is 0 Å². The molecule has 1 aromatic carbocycles. The number of hydrogen-bond donors (Lipinski definition) is 2. The van der Waals surface area contributed by atoms with Crippen molar-refractivity contribution in [3.63, 3.8) is 0 Å². The third kappa shape index (κ3) is 2.80. The van der Waals surface area contributed by atoms with E-state index in [1.54, 1.807) is 18.2 Å². The fourth-order valence-electron chi connectivity index (χ4n) is 1.61. The monoisotopic (exact) mass is 275 g/mol. The number of nitrogens with one attached hydrogen (secondary N) is 1. The fraction of sp³-hybridized carbons (Fsp3) is 0. The minimum atomic E-state index is -0.469. The first-order valence-corrected chi connectivity index (χ1v) is 5.61. The van der Waals surface area contributed by atoms with E-state index < -0.39 is 4.92 Å². The molecular weight excluding hydrogens is 266 g/mol. The van der Waals surface area contributed by atoms with Crippen LogP contribution in [0.4, 0.5) is 5.69 Å². The van der Waals surface area contributed by atoms with Gasteiger partial charge >= 0.3 is 0 Å². The zero-order valence-electron chi connectivity index (χ0n) is 9.61. The summed E-state index contributed by atoms with van der Waals surface area (Å²) >= 11 is 4.61. The van der Waals surface area contributed by atoms with Crippen molar-refractivity contribution in [2.45, 2.75) is 0 Å². The third-order valence-electron chi connectivity index (χ3n) is 2.36. The first-order valence-electron chi connectivity index (χ1n) is 5.20. The Balaban J connectivity index is 2.52. The molecule has 2 rings (SSSR count). The molecule has 19 heavy (non-hydrogen) atoms. The van der Waals surface area contributed by atoms with E-state index >= 15 is 0 Å². The predicted molar refractivity (Wildman–Crippen MR) is 75.9 cm³/mol. The molecule has 8 heteroatoms. The van der Waals surface area contributed by atoms with Crippen molar-refractivity contribution in [3.05, 3.63) is 46.1 Å². The number of thiocarbonyl (C=S) groups is 1. The van der Waals surface area contributed by atoms with Gasteiger partial charge in [0.15, 0.2) is 5.11 Å². The lowest BCUT2D eigenvalue weighted by Crippen LogP contribution is -2.24. The van der Waals surface area contributed by atoms with Gasteiger partial charge in [0.25, 0.3) is 5.69 Å². The zero-order chi connectivity index (χ0) is 13.8. The van der Waals surface area contributed by atoms with Crippen LogP contribution < -0.4 is 11.2 Å². The predicted octanol–water partition coefficient (Wildman–Crippen LogP) is 1.31. The Morgan fingerprint density at radius 3 is 3.00 bits per heavy atom. The average molecular weight is 275 g/mol. The van der Waals surface area contributed by atoms with Gasteiger partial charge in [-0.3, -0.25) is 15.5 Å². The van der Waals surface area contributed by atoms with Crippen molar-refractivity contribution in [1.82, 2.24) is 10.4 Å². The number of aromatic nitrogens is 1. The molecule has 3 N–H and O–H groups in total. The Labute approximate surface area is 113 Å². The van der Waals surface area contributed by atoms with Crippen LogP contribution in [0.15, 0.2) is 35.6 Å². The largest absolute Gasteiger partial charge is 0.375 e. The van der Waals surface area contributed by atoms with Gasteiger partial charge in [0.2, 0.25) is 0 Å². The third-order valence-corrected chi connectivity index (χ3v) is 2.45. The molecule has 96 valence electrons. The molecule has 0 spiro atoms. The number of pyridine rings is 1. The van der Waals surface area contributed by atoms with Gasteiger partial charge in [-0.05, 0) is 18.3 Å². The number of hydrazone groups is 1. The van der Waals surface area contributed by atoms with E-state index in [1.165, 1.54) is 18.5 Å². The number of non-ortho nitro benzene ring substituents is 1. The summed E-state index contributed by atoms with van der Waals surface area (Å²) in [4.78, 5) is 14.5. The SMILES string of the molecule is NC(=S)N/N=C/c1ccnc2c([N+](=O)[O-])cccc12. The number of nitrogens with zero attached hydrogens (tertiary/aromatic N) is 3. The number of rotatable bonds is 3. The van der Waals surface area contributed by atoms with Gasteiger partial charge in [-0.25, -0.2) is 4.98 Å². The van der Waals surface area contributed by atoms with Crippen molar-refractivity contribution in [1.29, 1.82) is 0 Å². The summed E-state index contributed by atoms with van der Waals surface area (Å²) < 4.78 is 0. The number of nitro groups is 1. The first kappa shape index (κ1) is 12.8. The molecule has 0 radical (unpaired) electrons. The van der Waals surface area contributed by atoms with Crippen LogP contribution in [0, 0.1) is 10.1 Å². The van der Waals surface area contributed by atoms with E-state index in [1.807, 2.05) is 0 Å². The van der Waals surface area contributed by atoms with Crippen molar-refractivity contribution >= 4 is 40.1 Å². The highest BCUT2D eigenvalue weighted by Crippen LogP contribution is 2.24. The van der Waals surface area contributed by atoms with Crippen molar-refractivity contribution < 1.29 is 4.92 Å². The molecule has 1 aromatic heterocycles. The number of fused-ring (bicyclic) bond motifs is 1. The minimum absolute atomic E-state index is 0.0422. The molecule has 0 aliphatic rings. The molecule has 0 saturated heterocycles. The van der Waals surface area contributed by atoms with Gasteiger partial charge in [-0.1, -0.05) is 12.1 Å². The number of para-hydroxylation sites is 1. The van der Waals surface area contributed by atoms with Crippen LogP contribution in [0.25, 0.3) is 10.9 Å². The molecule has 0 aliphatic heterocycles. The molecule has 0 amide bonds. The number of benzene rings is 1. The standard InChI is InChI=1S/C11H9N5O2S/c12-11(19)15-14-6-7-4-5-13-10-8(7)2-1-3-9(10)16(17)18/h1-6H,(H3,12,15,19)/b14-6+. The molecule has 7 nitrogen and oxygen atoms in total. The molecule has 2 aromatic rings. The Morgan fingerprint density at radius 2 is 2.32 bits per heavy atom. The molecule has 1 heterocycles. The maximum absolute atomic E-state index is 10.9. The van der Waals surface area contributed by atoms with E-state index in [4.69, 9.17) is 5.73 Å². The number of nitro benzene ring substituents is 1. The van der Waals surface area contributed by atoms with Crippen molar-refractivity contribution in [3.8, 4) is 0 Å². The molecule has 0 saturated carbocycles.